The Morgan fingerprint density at radius 1 is 1.28 bits per heavy atom. The van der Waals surface area contributed by atoms with Crippen molar-refractivity contribution in [3.05, 3.63) is 28.5 Å². The Labute approximate surface area is 120 Å². The normalized spacial score (nSPS) is 12.9. The lowest BCUT2D eigenvalue weighted by molar-refractivity contribution is 0.418. The van der Waals surface area contributed by atoms with Gasteiger partial charge in [0.25, 0.3) is 0 Å². The zero-order chi connectivity index (χ0) is 13.4. The minimum absolute atomic E-state index is 0.697. The van der Waals surface area contributed by atoms with Crippen LogP contribution in [0.1, 0.15) is 39.3 Å². The molecule has 1 N–H and O–H groups in total. The lowest BCUT2D eigenvalue weighted by atomic mass is 9.97. The lowest BCUT2D eigenvalue weighted by Crippen LogP contribution is -2.27. The molecular weight excluding hydrogens is 288 g/mol. The van der Waals surface area contributed by atoms with Gasteiger partial charge in [-0.2, -0.15) is 0 Å². The van der Waals surface area contributed by atoms with Gasteiger partial charge in [-0.25, -0.2) is 0 Å². The molecule has 0 aromatic carbocycles. The highest BCUT2D eigenvalue weighted by Crippen LogP contribution is 2.14. The SMILES string of the molecule is CCCC(CNCC(C)C)Cc1ccc(Br)cn1. The van der Waals surface area contributed by atoms with Crippen LogP contribution in [0.2, 0.25) is 0 Å². The minimum atomic E-state index is 0.697. The van der Waals surface area contributed by atoms with Crippen LogP contribution in [-0.4, -0.2) is 18.1 Å². The fourth-order valence-corrected chi connectivity index (χ4v) is 2.32. The molecule has 1 heterocycles. The maximum absolute atomic E-state index is 4.47. The number of hydrogen-bond acceptors (Lipinski definition) is 2. The third kappa shape index (κ3) is 6.50. The average Bonchev–Trinajstić information content (AvgIpc) is 2.32. The largest absolute Gasteiger partial charge is 0.316 e. The first-order valence-electron chi connectivity index (χ1n) is 6.93. The lowest BCUT2D eigenvalue weighted by Gasteiger charge is -2.17. The van der Waals surface area contributed by atoms with Crippen LogP contribution in [0.4, 0.5) is 0 Å². The monoisotopic (exact) mass is 312 g/mol. The van der Waals surface area contributed by atoms with Gasteiger partial charge in [-0.1, -0.05) is 27.2 Å². The molecule has 0 aliphatic rings. The van der Waals surface area contributed by atoms with E-state index in [-0.39, 0.29) is 0 Å². The van der Waals surface area contributed by atoms with E-state index in [0.717, 1.165) is 29.9 Å². The minimum Gasteiger partial charge on any atom is -0.316 e. The molecule has 1 unspecified atom stereocenters. The van der Waals surface area contributed by atoms with Crippen molar-refractivity contribution in [3.8, 4) is 0 Å². The van der Waals surface area contributed by atoms with Crippen LogP contribution in [0.15, 0.2) is 22.8 Å². The summed E-state index contributed by atoms with van der Waals surface area (Å²) in [4.78, 5) is 4.47. The molecule has 0 bridgehead atoms. The first kappa shape index (κ1) is 15.6. The molecule has 0 fully saturated rings. The number of nitrogens with zero attached hydrogens (tertiary/aromatic N) is 1. The Hall–Kier alpha value is -0.410. The molecule has 0 saturated carbocycles. The van der Waals surface area contributed by atoms with Crippen molar-refractivity contribution in [1.29, 1.82) is 0 Å². The van der Waals surface area contributed by atoms with Crippen molar-refractivity contribution in [2.24, 2.45) is 11.8 Å². The summed E-state index contributed by atoms with van der Waals surface area (Å²) < 4.78 is 1.05. The number of nitrogens with one attached hydrogen (secondary N) is 1. The topological polar surface area (TPSA) is 24.9 Å². The second kappa shape index (κ2) is 8.65. The van der Waals surface area contributed by atoms with Gasteiger partial charge in [0.2, 0.25) is 0 Å². The quantitative estimate of drug-likeness (QED) is 0.783. The van der Waals surface area contributed by atoms with E-state index >= 15 is 0 Å². The third-order valence-corrected chi connectivity index (χ3v) is 3.44. The number of rotatable bonds is 8. The van der Waals surface area contributed by atoms with Crippen LogP contribution in [0.5, 0.6) is 0 Å². The summed E-state index contributed by atoms with van der Waals surface area (Å²) in [7, 11) is 0. The molecule has 1 aromatic heterocycles. The highest BCUT2D eigenvalue weighted by molar-refractivity contribution is 9.10. The van der Waals surface area contributed by atoms with Crippen LogP contribution in [0.25, 0.3) is 0 Å². The van der Waals surface area contributed by atoms with Crippen molar-refractivity contribution >= 4 is 15.9 Å². The third-order valence-electron chi connectivity index (χ3n) is 2.97. The van der Waals surface area contributed by atoms with E-state index in [9.17, 15) is 0 Å². The van der Waals surface area contributed by atoms with Crippen LogP contribution < -0.4 is 5.32 Å². The van der Waals surface area contributed by atoms with Crippen LogP contribution in [0.3, 0.4) is 0 Å². The molecule has 3 heteroatoms. The van der Waals surface area contributed by atoms with Crippen molar-refractivity contribution < 1.29 is 0 Å². The van der Waals surface area contributed by atoms with Gasteiger partial charge >= 0.3 is 0 Å². The Bertz CT molecular complexity index is 322. The van der Waals surface area contributed by atoms with Crippen molar-refractivity contribution in [2.45, 2.75) is 40.0 Å². The summed E-state index contributed by atoms with van der Waals surface area (Å²) in [6, 6.07) is 4.20. The van der Waals surface area contributed by atoms with E-state index < -0.39 is 0 Å². The van der Waals surface area contributed by atoms with Gasteiger partial charge in [-0.15, -0.1) is 0 Å². The predicted molar refractivity (Wildman–Crippen MR) is 81.7 cm³/mol. The molecule has 0 amide bonds. The van der Waals surface area contributed by atoms with Gasteiger partial charge in [0.15, 0.2) is 0 Å². The first-order chi connectivity index (χ1) is 8.61. The fourth-order valence-electron chi connectivity index (χ4n) is 2.08. The molecule has 0 aliphatic carbocycles. The molecular formula is C15H25BrN2. The summed E-state index contributed by atoms with van der Waals surface area (Å²) in [5.74, 6) is 1.42. The molecule has 1 atom stereocenters. The van der Waals surface area contributed by atoms with Gasteiger partial charge < -0.3 is 5.32 Å². The van der Waals surface area contributed by atoms with E-state index in [1.54, 1.807) is 0 Å². The highest BCUT2D eigenvalue weighted by Gasteiger charge is 2.09. The molecule has 0 spiro atoms. The maximum Gasteiger partial charge on any atom is 0.0413 e. The van der Waals surface area contributed by atoms with E-state index in [2.05, 4.69) is 59.1 Å². The van der Waals surface area contributed by atoms with Gasteiger partial charge in [0.1, 0.15) is 0 Å². The van der Waals surface area contributed by atoms with Gasteiger partial charge in [-0.3, -0.25) is 4.98 Å². The second-order valence-electron chi connectivity index (χ2n) is 5.38. The first-order valence-corrected chi connectivity index (χ1v) is 7.72. The Morgan fingerprint density at radius 2 is 2.06 bits per heavy atom. The Morgan fingerprint density at radius 3 is 2.61 bits per heavy atom. The van der Waals surface area contributed by atoms with Gasteiger partial charge in [0.05, 0.1) is 0 Å². The van der Waals surface area contributed by atoms with E-state index in [4.69, 9.17) is 0 Å². The molecule has 1 aromatic rings. The highest BCUT2D eigenvalue weighted by atomic mass is 79.9. The van der Waals surface area contributed by atoms with Crippen molar-refractivity contribution in [1.82, 2.24) is 10.3 Å². The molecule has 0 aliphatic heterocycles. The molecule has 2 nitrogen and oxygen atoms in total. The summed E-state index contributed by atoms with van der Waals surface area (Å²) in [6.07, 6.45) is 5.47. The summed E-state index contributed by atoms with van der Waals surface area (Å²) in [6.45, 7) is 8.96. The summed E-state index contributed by atoms with van der Waals surface area (Å²) in [5, 5.41) is 3.56. The second-order valence-corrected chi connectivity index (χ2v) is 6.29. The van der Waals surface area contributed by atoms with Crippen LogP contribution in [-0.2, 0) is 6.42 Å². The standard InChI is InChI=1S/C15H25BrN2/c1-4-5-13(10-17-9-12(2)3)8-15-7-6-14(16)11-18-15/h6-7,11-13,17H,4-5,8-10H2,1-3H3. The number of pyridine rings is 1. The molecule has 18 heavy (non-hydrogen) atoms. The van der Waals surface area contributed by atoms with E-state index in [0.29, 0.717) is 5.92 Å². The molecule has 0 saturated heterocycles. The van der Waals surface area contributed by atoms with E-state index in [1.165, 1.54) is 18.5 Å². The molecule has 0 radical (unpaired) electrons. The zero-order valence-electron chi connectivity index (χ0n) is 11.7. The maximum atomic E-state index is 4.47. The molecule has 1 rings (SSSR count). The number of aromatic nitrogens is 1. The predicted octanol–water partition coefficient (Wildman–Crippen LogP) is 4.05. The van der Waals surface area contributed by atoms with E-state index in [1.807, 2.05) is 6.20 Å². The Balaban J connectivity index is 2.43. The van der Waals surface area contributed by atoms with Gasteiger partial charge in [0, 0.05) is 16.4 Å². The van der Waals surface area contributed by atoms with Crippen LogP contribution >= 0.6 is 15.9 Å². The van der Waals surface area contributed by atoms with Gasteiger partial charge in [-0.05, 0) is 65.8 Å². The summed E-state index contributed by atoms with van der Waals surface area (Å²) in [5.41, 5.74) is 1.20. The summed E-state index contributed by atoms with van der Waals surface area (Å²) >= 11 is 3.43. The van der Waals surface area contributed by atoms with Crippen molar-refractivity contribution in [3.63, 3.8) is 0 Å². The Kier molecular flexibility index (Phi) is 7.52. The molecule has 102 valence electrons. The zero-order valence-corrected chi connectivity index (χ0v) is 13.3. The smallest absolute Gasteiger partial charge is 0.0413 e. The average molecular weight is 313 g/mol. The van der Waals surface area contributed by atoms with Crippen molar-refractivity contribution in [2.75, 3.05) is 13.1 Å². The number of halogens is 1. The fraction of sp³-hybridized carbons (Fsp3) is 0.667. The number of hydrogen-bond donors (Lipinski definition) is 1. The van der Waals surface area contributed by atoms with Crippen LogP contribution in [0, 0.1) is 11.8 Å².